The summed E-state index contributed by atoms with van der Waals surface area (Å²) in [5.74, 6) is -2.70. The summed E-state index contributed by atoms with van der Waals surface area (Å²) in [7, 11) is 0. The van der Waals surface area contributed by atoms with E-state index in [4.69, 9.17) is 19.4 Å². The van der Waals surface area contributed by atoms with E-state index in [1.807, 2.05) is 42.5 Å². The first-order valence-electron chi connectivity index (χ1n) is 8.56. The highest BCUT2D eigenvalue weighted by Gasteiger charge is 2.21. The number of benzene rings is 2. The summed E-state index contributed by atoms with van der Waals surface area (Å²) in [6, 6.07) is 13.3. The van der Waals surface area contributed by atoms with Crippen molar-refractivity contribution >= 4 is 51.6 Å². The lowest BCUT2D eigenvalue weighted by atomic mass is 10.1. The molecule has 0 aliphatic carbocycles. The number of para-hydroxylation sites is 1. The number of carbonyl (C=O) groups is 3. The van der Waals surface area contributed by atoms with E-state index in [0.717, 1.165) is 33.7 Å². The summed E-state index contributed by atoms with van der Waals surface area (Å²) in [6.07, 6.45) is -0.493. The second-order valence-electron chi connectivity index (χ2n) is 6.13. The molecule has 0 amide bonds. The van der Waals surface area contributed by atoms with E-state index in [0.29, 0.717) is 5.58 Å². The van der Waals surface area contributed by atoms with Gasteiger partial charge in [0.1, 0.15) is 23.0 Å². The highest BCUT2D eigenvalue weighted by Crippen LogP contribution is 2.29. The molecule has 1 aromatic heterocycles. The molecular formula is C20H18O7S. The van der Waals surface area contributed by atoms with Gasteiger partial charge in [-0.05, 0) is 17.7 Å². The lowest BCUT2D eigenvalue weighted by molar-refractivity contribution is -0.144. The molecule has 1 unspecified atom stereocenters. The standard InChI is InChI=1S/C20H18O7S/c21-18(22)10-17(20(24)25)28-8-7-19(23)26-11-12-5-6-14-13-3-1-2-4-15(13)27-16(14)9-12/h1-6,9,17H,7-8,10-11H2,(H,21,22)(H,24,25). The van der Waals surface area contributed by atoms with Gasteiger partial charge < -0.3 is 19.4 Å². The van der Waals surface area contributed by atoms with Gasteiger partial charge in [0.15, 0.2) is 0 Å². The fourth-order valence-corrected chi connectivity index (χ4v) is 3.73. The number of rotatable bonds is 9. The number of thioether (sulfide) groups is 1. The number of hydrogen-bond donors (Lipinski definition) is 2. The average Bonchev–Trinajstić information content (AvgIpc) is 3.03. The predicted molar refractivity (Wildman–Crippen MR) is 104 cm³/mol. The lowest BCUT2D eigenvalue weighted by Crippen LogP contribution is -2.21. The molecule has 0 spiro atoms. The molecule has 2 aromatic carbocycles. The summed E-state index contributed by atoms with van der Waals surface area (Å²) >= 11 is 0.916. The van der Waals surface area contributed by atoms with E-state index in [2.05, 4.69) is 0 Å². The Morgan fingerprint density at radius 1 is 1.04 bits per heavy atom. The molecular weight excluding hydrogens is 384 g/mol. The van der Waals surface area contributed by atoms with Crippen molar-refractivity contribution in [3.8, 4) is 0 Å². The highest BCUT2D eigenvalue weighted by molar-refractivity contribution is 8.00. The minimum Gasteiger partial charge on any atom is -0.481 e. The molecule has 1 atom stereocenters. The van der Waals surface area contributed by atoms with Crippen molar-refractivity contribution in [2.75, 3.05) is 5.75 Å². The largest absolute Gasteiger partial charge is 0.481 e. The Morgan fingerprint density at radius 3 is 2.54 bits per heavy atom. The molecule has 1 heterocycles. The summed E-state index contributed by atoms with van der Waals surface area (Å²) in [4.78, 5) is 33.5. The maximum absolute atomic E-state index is 11.9. The quantitative estimate of drug-likeness (QED) is 0.521. The number of carboxylic acid groups (broad SMARTS) is 2. The van der Waals surface area contributed by atoms with Crippen molar-refractivity contribution in [1.82, 2.24) is 0 Å². The van der Waals surface area contributed by atoms with Crippen LogP contribution in [-0.4, -0.2) is 39.1 Å². The fraction of sp³-hybridized carbons (Fsp3) is 0.250. The van der Waals surface area contributed by atoms with E-state index in [1.54, 1.807) is 0 Å². The van der Waals surface area contributed by atoms with Crippen molar-refractivity contribution in [2.45, 2.75) is 24.7 Å². The van der Waals surface area contributed by atoms with Crippen LogP contribution in [0.3, 0.4) is 0 Å². The normalized spacial score (nSPS) is 12.1. The Bertz CT molecular complexity index is 1020. The zero-order valence-electron chi connectivity index (χ0n) is 14.8. The second kappa shape index (κ2) is 8.79. The summed E-state index contributed by atoms with van der Waals surface area (Å²) in [5, 5.41) is 18.6. The van der Waals surface area contributed by atoms with Gasteiger partial charge in [0.25, 0.3) is 0 Å². The third-order valence-corrected chi connectivity index (χ3v) is 5.31. The van der Waals surface area contributed by atoms with Crippen molar-refractivity contribution in [1.29, 1.82) is 0 Å². The van der Waals surface area contributed by atoms with Crippen LogP contribution in [-0.2, 0) is 25.7 Å². The van der Waals surface area contributed by atoms with Gasteiger partial charge in [-0.3, -0.25) is 14.4 Å². The van der Waals surface area contributed by atoms with Gasteiger partial charge in [-0.15, -0.1) is 11.8 Å². The molecule has 146 valence electrons. The van der Waals surface area contributed by atoms with Gasteiger partial charge in [0, 0.05) is 16.5 Å². The van der Waals surface area contributed by atoms with Gasteiger partial charge in [-0.25, -0.2) is 0 Å². The molecule has 0 fully saturated rings. The molecule has 3 rings (SSSR count). The molecule has 3 aromatic rings. The monoisotopic (exact) mass is 402 g/mol. The molecule has 7 nitrogen and oxygen atoms in total. The van der Waals surface area contributed by atoms with E-state index < -0.39 is 29.6 Å². The van der Waals surface area contributed by atoms with Crippen LogP contribution in [0.1, 0.15) is 18.4 Å². The molecule has 0 bridgehead atoms. The summed E-state index contributed by atoms with van der Waals surface area (Å²) in [5.41, 5.74) is 2.28. The van der Waals surface area contributed by atoms with Crippen molar-refractivity contribution < 1.29 is 33.8 Å². The third kappa shape index (κ3) is 4.83. The number of esters is 1. The first-order chi connectivity index (χ1) is 13.4. The molecule has 0 saturated heterocycles. The number of hydrogen-bond acceptors (Lipinski definition) is 6. The molecule has 0 aliphatic heterocycles. The lowest BCUT2D eigenvalue weighted by Gasteiger charge is -2.09. The van der Waals surface area contributed by atoms with Crippen LogP contribution >= 0.6 is 11.8 Å². The van der Waals surface area contributed by atoms with Crippen LogP contribution in [0.25, 0.3) is 21.9 Å². The van der Waals surface area contributed by atoms with Gasteiger partial charge >= 0.3 is 17.9 Å². The predicted octanol–water partition coefficient (Wildman–Crippen LogP) is 3.68. The number of carboxylic acids is 2. The van der Waals surface area contributed by atoms with Gasteiger partial charge in [0.2, 0.25) is 0 Å². The maximum atomic E-state index is 11.9. The SMILES string of the molecule is O=C(O)CC(SCCC(=O)OCc1ccc2c(c1)oc1ccccc12)C(=O)O. The Balaban J connectivity index is 1.52. The molecule has 8 heteroatoms. The molecule has 2 N–H and O–H groups in total. The topological polar surface area (TPSA) is 114 Å². The first kappa shape index (κ1) is 19.8. The Morgan fingerprint density at radius 2 is 1.79 bits per heavy atom. The van der Waals surface area contributed by atoms with Crippen molar-refractivity contribution in [3.63, 3.8) is 0 Å². The van der Waals surface area contributed by atoms with Crippen molar-refractivity contribution in [2.24, 2.45) is 0 Å². The maximum Gasteiger partial charge on any atom is 0.317 e. The molecule has 0 radical (unpaired) electrons. The van der Waals surface area contributed by atoms with Crippen molar-refractivity contribution in [3.05, 3.63) is 48.0 Å². The summed E-state index contributed by atoms with van der Waals surface area (Å²) in [6.45, 7) is 0.0774. The molecule has 0 saturated carbocycles. The fourth-order valence-electron chi connectivity index (χ4n) is 2.76. The first-order valence-corrected chi connectivity index (χ1v) is 9.61. The van der Waals surface area contributed by atoms with Crippen LogP contribution in [0, 0.1) is 0 Å². The zero-order chi connectivity index (χ0) is 20.1. The van der Waals surface area contributed by atoms with Crippen LogP contribution in [0.2, 0.25) is 0 Å². The number of ether oxygens (including phenoxy) is 1. The third-order valence-electron chi connectivity index (χ3n) is 4.10. The Labute approximate surface area is 164 Å². The van der Waals surface area contributed by atoms with Crippen LogP contribution in [0.4, 0.5) is 0 Å². The number of furan rings is 1. The molecule has 0 aliphatic rings. The minimum absolute atomic E-state index is 0.000940. The molecule has 28 heavy (non-hydrogen) atoms. The van der Waals surface area contributed by atoms with E-state index >= 15 is 0 Å². The smallest absolute Gasteiger partial charge is 0.317 e. The summed E-state index contributed by atoms with van der Waals surface area (Å²) < 4.78 is 11.0. The van der Waals surface area contributed by atoms with E-state index in [9.17, 15) is 14.4 Å². The van der Waals surface area contributed by atoms with E-state index in [1.165, 1.54) is 0 Å². The van der Waals surface area contributed by atoms with Gasteiger partial charge in [0.05, 0.1) is 12.8 Å². The number of aliphatic carboxylic acids is 2. The van der Waals surface area contributed by atoms with Crippen LogP contribution in [0.5, 0.6) is 0 Å². The van der Waals surface area contributed by atoms with Gasteiger partial charge in [-0.1, -0.05) is 30.3 Å². The van der Waals surface area contributed by atoms with E-state index in [-0.39, 0.29) is 18.8 Å². The van der Waals surface area contributed by atoms with Gasteiger partial charge in [-0.2, -0.15) is 0 Å². The Kier molecular flexibility index (Phi) is 6.20. The Hall–Kier alpha value is -3.00. The van der Waals surface area contributed by atoms with Crippen LogP contribution in [0.15, 0.2) is 46.9 Å². The number of carbonyl (C=O) groups excluding carboxylic acids is 1. The minimum atomic E-state index is -1.21. The second-order valence-corrected chi connectivity index (χ2v) is 7.45. The van der Waals surface area contributed by atoms with Crippen LogP contribution < -0.4 is 0 Å². The zero-order valence-corrected chi connectivity index (χ0v) is 15.6. The highest BCUT2D eigenvalue weighted by atomic mass is 32.2. The number of fused-ring (bicyclic) bond motifs is 3. The average molecular weight is 402 g/mol.